The molecule has 2 unspecified atom stereocenters. The lowest BCUT2D eigenvalue weighted by molar-refractivity contribution is -0.137. The Bertz CT molecular complexity index is 1870. The van der Waals surface area contributed by atoms with E-state index in [4.69, 9.17) is 4.74 Å². The first-order valence-corrected chi connectivity index (χ1v) is 16.1. The maximum absolute atomic E-state index is 13.9. The molecule has 3 amide bonds. The quantitative estimate of drug-likeness (QED) is 0.201. The maximum Gasteiger partial charge on any atom is 0.418 e. The van der Waals surface area contributed by atoms with Crippen molar-refractivity contribution in [1.82, 2.24) is 4.57 Å². The van der Waals surface area contributed by atoms with Crippen LogP contribution in [0.15, 0.2) is 75.9 Å². The van der Waals surface area contributed by atoms with E-state index in [2.05, 4.69) is 5.32 Å². The van der Waals surface area contributed by atoms with E-state index in [1.54, 1.807) is 19.1 Å². The van der Waals surface area contributed by atoms with Crippen LogP contribution in [0.3, 0.4) is 0 Å². The summed E-state index contributed by atoms with van der Waals surface area (Å²) in [6.45, 7) is 1.26. The summed E-state index contributed by atoms with van der Waals surface area (Å²) in [5.41, 5.74) is -0.956. The Kier molecular flexibility index (Phi) is 8.18. The largest absolute Gasteiger partial charge is 0.462 e. The third-order valence-corrected chi connectivity index (χ3v) is 10.9. The van der Waals surface area contributed by atoms with Crippen LogP contribution < -0.4 is 15.1 Å². The first-order chi connectivity index (χ1) is 21.5. The standard InChI is InChI=1S/C30H22F3N3O6S3/c1-2-42-28(40)15-9-11-16(12-10-15)36-25(38)22-21(19-8-5-13-43-19)24-27(44-23(22)26(36)39)35(29(41)45-24)14-20(37)34-18-7-4-3-6-17(18)30(31,32)33/h3-13,21-23H,2,14H2,1H3,(H,34,37)/t21-,22?,23?/m1/s1. The SMILES string of the molecule is CCOC(=O)c1ccc(N2C(=O)C3Sc4c(sc(=O)n4CC(=O)Nc4ccccc4C(F)(F)F)[C@H](c4cccs4)C3C2=O)cc1. The number of amides is 3. The summed E-state index contributed by atoms with van der Waals surface area (Å²) < 4.78 is 46.6. The number of anilines is 2. The van der Waals surface area contributed by atoms with Crippen molar-refractivity contribution in [1.29, 1.82) is 0 Å². The third-order valence-electron chi connectivity index (χ3n) is 7.34. The number of benzene rings is 2. The average Bonchev–Trinajstić information content (AvgIpc) is 3.70. The van der Waals surface area contributed by atoms with Crippen LogP contribution in [0.1, 0.15) is 38.5 Å². The molecule has 9 nitrogen and oxygen atoms in total. The van der Waals surface area contributed by atoms with Gasteiger partial charge < -0.3 is 10.1 Å². The average molecular weight is 674 g/mol. The van der Waals surface area contributed by atoms with Crippen molar-refractivity contribution in [3.8, 4) is 0 Å². The molecule has 6 rings (SSSR count). The van der Waals surface area contributed by atoms with Crippen molar-refractivity contribution >= 4 is 69.5 Å². The van der Waals surface area contributed by atoms with Gasteiger partial charge in [-0.05, 0) is 54.8 Å². The van der Waals surface area contributed by atoms with E-state index in [0.717, 1.165) is 49.6 Å². The molecular formula is C30H22F3N3O6S3. The number of nitrogens with one attached hydrogen (secondary N) is 1. The number of thioether (sulfide) groups is 1. The van der Waals surface area contributed by atoms with Crippen molar-refractivity contribution in [2.24, 2.45) is 5.92 Å². The Labute approximate surface area is 265 Å². The van der Waals surface area contributed by atoms with E-state index in [0.29, 0.717) is 9.90 Å². The summed E-state index contributed by atoms with van der Waals surface area (Å²) in [5.74, 6) is -3.93. The first-order valence-electron chi connectivity index (χ1n) is 13.5. The summed E-state index contributed by atoms with van der Waals surface area (Å²) in [7, 11) is 0. The van der Waals surface area contributed by atoms with Crippen molar-refractivity contribution in [2.45, 2.75) is 35.8 Å². The number of fused-ring (bicyclic) bond motifs is 2. The predicted molar refractivity (Wildman–Crippen MR) is 163 cm³/mol. The van der Waals surface area contributed by atoms with Gasteiger partial charge in [0.15, 0.2) is 0 Å². The lowest BCUT2D eigenvalue weighted by Crippen LogP contribution is -2.32. The highest BCUT2D eigenvalue weighted by Crippen LogP contribution is 2.54. The monoisotopic (exact) mass is 673 g/mol. The van der Waals surface area contributed by atoms with Gasteiger partial charge in [-0.1, -0.05) is 41.3 Å². The number of para-hydroxylation sites is 1. The second-order valence-corrected chi connectivity index (χ2v) is 13.2. The van der Waals surface area contributed by atoms with Gasteiger partial charge in [0.25, 0.3) is 0 Å². The minimum atomic E-state index is -4.71. The molecule has 1 saturated heterocycles. The number of thiazole rings is 1. The number of esters is 1. The molecule has 4 heterocycles. The number of halogens is 3. The second kappa shape index (κ2) is 11.9. The topological polar surface area (TPSA) is 115 Å². The Morgan fingerprint density at radius 3 is 2.38 bits per heavy atom. The van der Waals surface area contributed by atoms with Gasteiger partial charge in [-0.15, -0.1) is 11.3 Å². The van der Waals surface area contributed by atoms with Crippen LogP contribution in [0.4, 0.5) is 24.5 Å². The number of carbonyl (C=O) groups excluding carboxylic acids is 4. The van der Waals surface area contributed by atoms with Crippen molar-refractivity contribution < 1.29 is 37.1 Å². The van der Waals surface area contributed by atoms with Crippen molar-refractivity contribution in [3.63, 3.8) is 0 Å². The molecule has 0 bridgehead atoms. The van der Waals surface area contributed by atoms with Gasteiger partial charge in [-0.2, -0.15) is 13.2 Å². The number of alkyl halides is 3. The van der Waals surface area contributed by atoms with E-state index in [9.17, 15) is 37.1 Å². The summed E-state index contributed by atoms with van der Waals surface area (Å²) >= 11 is 3.18. The van der Waals surface area contributed by atoms with Gasteiger partial charge in [0, 0.05) is 15.7 Å². The molecule has 1 N–H and O–H groups in total. The fraction of sp³-hybridized carbons (Fsp3) is 0.233. The van der Waals surface area contributed by atoms with E-state index >= 15 is 0 Å². The van der Waals surface area contributed by atoms with Gasteiger partial charge in [-0.3, -0.25) is 23.7 Å². The molecule has 232 valence electrons. The maximum atomic E-state index is 13.9. The zero-order valence-corrected chi connectivity index (χ0v) is 25.6. The number of aromatic nitrogens is 1. The van der Waals surface area contributed by atoms with E-state index < -0.39 is 69.6 Å². The van der Waals surface area contributed by atoms with Gasteiger partial charge >= 0.3 is 17.0 Å². The molecule has 0 aliphatic carbocycles. The zero-order valence-electron chi connectivity index (χ0n) is 23.2. The molecule has 0 saturated carbocycles. The number of ether oxygens (including phenoxy) is 1. The Balaban J connectivity index is 1.33. The second-order valence-electron chi connectivity index (χ2n) is 10.1. The fourth-order valence-corrected chi connectivity index (χ4v) is 9.14. The summed E-state index contributed by atoms with van der Waals surface area (Å²) in [6.07, 6.45) is -4.71. The highest BCUT2D eigenvalue weighted by atomic mass is 32.2. The van der Waals surface area contributed by atoms with Crippen LogP contribution in [0.25, 0.3) is 0 Å². The Hall–Kier alpha value is -4.21. The Morgan fingerprint density at radius 2 is 1.71 bits per heavy atom. The molecule has 2 aromatic carbocycles. The van der Waals surface area contributed by atoms with Crippen LogP contribution in [0, 0.1) is 5.92 Å². The number of carbonyl (C=O) groups is 4. The molecule has 1 fully saturated rings. The molecule has 15 heteroatoms. The zero-order chi connectivity index (χ0) is 32.0. The third kappa shape index (κ3) is 5.59. The minimum absolute atomic E-state index is 0.187. The van der Waals surface area contributed by atoms with Crippen LogP contribution >= 0.6 is 34.4 Å². The highest BCUT2D eigenvalue weighted by molar-refractivity contribution is 8.00. The van der Waals surface area contributed by atoms with Gasteiger partial charge in [-0.25, -0.2) is 9.69 Å². The molecule has 0 radical (unpaired) electrons. The lowest BCUT2D eigenvalue weighted by atomic mass is 9.87. The molecule has 0 spiro atoms. The van der Waals surface area contributed by atoms with E-state index in [1.807, 2.05) is 5.38 Å². The molecule has 45 heavy (non-hydrogen) atoms. The molecule has 2 aliphatic rings. The van der Waals surface area contributed by atoms with Crippen LogP contribution in [-0.2, 0) is 31.8 Å². The Morgan fingerprint density at radius 1 is 0.978 bits per heavy atom. The number of imide groups is 1. The van der Waals surface area contributed by atoms with Gasteiger partial charge in [0.05, 0.1) is 40.1 Å². The normalized spacial score (nSPS) is 19.3. The minimum Gasteiger partial charge on any atom is -0.462 e. The van der Waals surface area contributed by atoms with E-state index in [1.165, 1.54) is 47.7 Å². The van der Waals surface area contributed by atoms with Crippen LogP contribution in [-0.4, -0.2) is 40.1 Å². The number of hydrogen-bond donors (Lipinski definition) is 1. The van der Waals surface area contributed by atoms with Crippen molar-refractivity contribution in [3.05, 3.63) is 96.6 Å². The molecular weight excluding hydrogens is 652 g/mol. The summed E-state index contributed by atoms with van der Waals surface area (Å²) in [5, 5.41) is 3.43. The summed E-state index contributed by atoms with van der Waals surface area (Å²) in [4.78, 5) is 67.9. The number of rotatable bonds is 7. The van der Waals surface area contributed by atoms with Gasteiger partial charge in [0.1, 0.15) is 11.8 Å². The number of thiophene rings is 1. The van der Waals surface area contributed by atoms with E-state index in [-0.39, 0.29) is 17.9 Å². The lowest BCUT2D eigenvalue weighted by Gasteiger charge is -2.29. The number of hydrogen-bond acceptors (Lipinski definition) is 9. The number of nitrogens with zero attached hydrogens (tertiary/aromatic N) is 2. The molecule has 4 aromatic rings. The van der Waals surface area contributed by atoms with Crippen LogP contribution in [0.2, 0.25) is 0 Å². The molecule has 2 aliphatic heterocycles. The molecule has 3 atom stereocenters. The predicted octanol–water partition coefficient (Wildman–Crippen LogP) is 5.60. The smallest absolute Gasteiger partial charge is 0.418 e. The van der Waals surface area contributed by atoms with Gasteiger partial charge in [0.2, 0.25) is 17.7 Å². The highest BCUT2D eigenvalue weighted by Gasteiger charge is 2.57. The first kappa shape index (κ1) is 30.8. The summed E-state index contributed by atoms with van der Waals surface area (Å²) in [6, 6.07) is 14.0. The van der Waals surface area contributed by atoms with Crippen LogP contribution in [0.5, 0.6) is 0 Å². The fourth-order valence-electron chi connectivity index (χ4n) is 5.42. The molecule has 2 aromatic heterocycles. The van der Waals surface area contributed by atoms with Crippen molar-refractivity contribution in [2.75, 3.05) is 16.8 Å².